The molecule has 1 aliphatic heterocycles. The molecular formula is C16H15ClINO2. The Labute approximate surface area is 142 Å². The van der Waals surface area contributed by atoms with Crippen molar-refractivity contribution in [2.24, 2.45) is 0 Å². The third-order valence-electron chi connectivity index (χ3n) is 3.25. The lowest BCUT2D eigenvalue weighted by molar-refractivity contribution is 0.296. The van der Waals surface area contributed by atoms with E-state index in [4.69, 9.17) is 21.1 Å². The predicted molar refractivity (Wildman–Crippen MR) is 93.5 cm³/mol. The van der Waals surface area contributed by atoms with Crippen LogP contribution in [0.5, 0.6) is 11.5 Å². The van der Waals surface area contributed by atoms with Gasteiger partial charge in [-0.15, -0.1) is 0 Å². The molecular weight excluding hydrogens is 401 g/mol. The largest absolute Gasteiger partial charge is 0.490 e. The van der Waals surface area contributed by atoms with E-state index in [1.165, 1.54) is 0 Å². The Kier molecular flexibility index (Phi) is 4.75. The number of ether oxygens (including phenoxy) is 2. The van der Waals surface area contributed by atoms with E-state index in [2.05, 4.69) is 27.9 Å². The van der Waals surface area contributed by atoms with Gasteiger partial charge in [0.1, 0.15) is 0 Å². The Morgan fingerprint density at radius 1 is 1.14 bits per heavy atom. The Bertz CT molecular complexity index is 648. The smallest absolute Gasteiger partial charge is 0.166 e. The van der Waals surface area contributed by atoms with Crippen molar-refractivity contribution in [2.75, 3.05) is 18.5 Å². The molecule has 0 amide bonds. The lowest BCUT2D eigenvalue weighted by Crippen LogP contribution is -2.04. The van der Waals surface area contributed by atoms with Crippen LogP contribution in [0.25, 0.3) is 0 Å². The topological polar surface area (TPSA) is 30.5 Å². The minimum absolute atomic E-state index is 0.646. The number of hydrogen-bond donors (Lipinski definition) is 1. The molecule has 2 aromatic carbocycles. The molecule has 0 saturated heterocycles. The van der Waals surface area contributed by atoms with E-state index in [-0.39, 0.29) is 0 Å². The van der Waals surface area contributed by atoms with E-state index in [0.717, 1.165) is 37.8 Å². The number of para-hydroxylation sites is 1. The second-order valence-corrected chi connectivity index (χ2v) is 6.43. The van der Waals surface area contributed by atoms with Crippen molar-refractivity contribution in [3.63, 3.8) is 0 Å². The zero-order valence-electron chi connectivity index (χ0n) is 11.4. The van der Waals surface area contributed by atoms with E-state index < -0.39 is 0 Å². The maximum atomic E-state index is 6.24. The normalized spacial score (nSPS) is 13.6. The van der Waals surface area contributed by atoms with Gasteiger partial charge < -0.3 is 14.8 Å². The van der Waals surface area contributed by atoms with E-state index in [1.54, 1.807) is 0 Å². The van der Waals surface area contributed by atoms with Crippen molar-refractivity contribution >= 4 is 39.9 Å². The van der Waals surface area contributed by atoms with Crippen molar-refractivity contribution in [1.29, 1.82) is 0 Å². The Morgan fingerprint density at radius 2 is 2.00 bits per heavy atom. The van der Waals surface area contributed by atoms with Crippen molar-refractivity contribution in [3.8, 4) is 11.5 Å². The van der Waals surface area contributed by atoms with Crippen LogP contribution in [0.15, 0.2) is 36.4 Å². The molecule has 0 fully saturated rings. The zero-order chi connectivity index (χ0) is 14.7. The molecule has 0 unspecified atom stereocenters. The molecule has 0 atom stereocenters. The highest BCUT2D eigenvalue weighted by Gasteiger charge is 2.14. The first-order valence-electron chi connectivity index (χ1n) is 6.80. The van der Waals surface area contributed by atoms with Crippen molar-refractivity contribution < 1.29 is 9.47 Å². The fourth-order valence-electron chi connectivity index (χ4n) is 2.22. The summed E-state index contributed by atoms with van der Waals surface area (Å²) in [6, 6.07) is 11.9. The molecule has 0 saturated carbocycles. The molecule has 0 spiro atoms. The molecule has 1 N–H and O–H groups in total. The Balaban J connectivity index is 1.79. The van der Waals surface area contributed by atoms with Gasteiger partial charge in [-0.05, 0) is 46.9 Å². The van der Waals surface area contributed by atoms with E-state index in [0.29, 0.717) is 19.8 Å². The summed E-state index contributed by atoms with van der Waals surface area (Å²) < 4.78 is 12.6. The van der Waals surface area contributed by atoms with E-state index in [1.807, 2.05) is 36.4 Å². The van der Waals surface area contributed by atoms with Gasteiger partial charge in [0.15, 0.2) is 11.5 Å². The Morgan fingerprint density at radius 3 is 2.86 bits per heavy atom. The molecule has 5 heteroatoms. The van der Waals surface area contributed by atoms with Crippen molar-refractivity contribution in [3.05, 3.63) is 50.6 Å². The van der Waals surface area contributed by atoms with Crippen LogP contribution in [0.2, 0.25) is 5.02 Å². The lowest BCUT2D eigenvalue weighted by Gasteiger charge is -2.14. The standard InChI is InChI=1S/C16H15ClINO2/c17-13-9-12(18)5-6-14(13)19-10-11-3-1-4-15-16(11)21-8-2-7-20-15/h1,3-6,9,19H,2,7-8,10H2. The minimum atomic E-state index is 0.646. The van der Waals surface area contributed by atoms with Gasteiger partial charge in [0, 0.05) is 22.1 Å². The second kappa shape index (κ2) is 6.75. The number of nitrogens with one attached hydrogen (secondary N) is 1. The number of halogens is 2. The molecule has 0 radical (unpaired) electrons. The number of hydrogen-bond acceptors (Lipinski definition) is 3. The summed E-state index contributed by atoms with van der Waals surface area (Å²) in [4.78, 5) is 0. The summed E-state index contributed by atoms with van der Waals surface area (Å²) in [7, 11) is 0. The van der Waals surface area contributed by atoms with Gasteiger partial charge >= 0.3 is 0 Å². The third kappa shape index (κ3) is 3.55. The number of rotatable bonds is 3. The van der Waals surface area contributed by atoms with Gasteiger partial charge in [0.2, 0.25) is 0 Å². The summed E-state index contributed by atoms with van der Waals surface area (Å²) in [5, 5.41) is 4.08. The first-order chi connectivity index (χ1) is 10.2. The fraction of sp³-hybridized carbons (Fsp3) is 0.250. The third-order valence-corrected chi connectivity index (χ3v) is 4.24. The SMILES string of the molecule is Clc1cc(I)ccc1NCc1cccc2c1OCCCO2. The monoisotopic (exact) mass is 415 g/mol. The van der Waals surface area contributed by atoms with Crippen LogP contribution >= 0.6 is 34.2 Å². The highest BCUT2D eigenvalue weighted by atomic mass is 127. The van der Waals surface area contributed by atoms with Crippen LogP contribution in [-0.2, 0) is 6.54 Å². The maximum Gasteiger partial charge on any atom is 0.166 e. The predicted octanol–water partition coefficient (Wildman–Crippen LogP) is 4.72. The summed E-state index contributed by atoms with van der Waals surface area (Å²) in [5.41, 5.74) is 1.99. The molecule has 2 aromatic rings. The minimum Gasteiger partial charge on any atom is -0.490 e. The van der Waals surface area contributed by atoms with Gasteiger partial charge in [0.05, 0.1) is 23.9 Å². The number of benzene rings is 2. The van der Waals surface area contributed by atoms with Crippen LogP contribution in [0.3, 0.4) is 0 Å². The second-order valence-electron chi connectivity index (χ2n) is 4.77. The van der Waals surface area contributed by atoms with Crippen LogP contribution in [-0.4, -0.2) is 13.2 Å². The lowest BCUT2D eigenvalue weighted by atomic mass is 10.1. The fourth-order valence-corrected chi connectivity index (χ4v) is 3.14. The van der Waals surface area contributed by atoms with Gasteiger partial charge in [-0.1, -0.05) is 23.7 Å². The number of anilines is 1. The first kappa shape index (κ1) is 14.8. The molecule has 1 heterocycles. The summed E-state index contributed by atoms with van der Waals surface area (Å²) in [6.07, 6.45) is 0.907. The van der Waals surface area contributed by atoms with Crippen LogP contribution < -0.4 is 14.8 Å². The summed E-state index contributed by atoms with van der Waals surface area (Å²) in [5.74, 6) is 1.66. The van der Waals surface area contributed by atoms with Crippen LogP contribution in [0.4, 0.5) is 5.69 Å². The number of fused-ring (bicyclic) bond motifs is 1. The average molecular weight is 416 g/mol. The van der Waals surface area contributed by atoms with E-state index >= 15 is 0 Å². The molecule has 3 rings (SSSR count). The van der Waals surface area contributed by atoms with Crippen LogP contribution in [0.1, 0.15) is 12.0 Å². The van der Waals surface area contributed by atoms with Gasteiger partial charge in [-0.3, -0.25) is 0 Å². The van der Waals surface area contributed by atoms with E-state index in [9.17, 15) is 0 Å². The highest BCUT2D eigenvalue weighted by Crippen LogP contribution is 2.34. The molecule has 110 valence electrons. The van der Waals surface area contributed by atoms with Crippen LogP contribution in [0, 0.1) is 3.57 Å². The summed E-state index contributed by atoms with van der Waals surface area (Å²) in [6.45, 7) is 2.04. The quantitative estimate of drug-likeness (QED) is 0.736. The average Bonchev–Trinajstić information content (AvgIpc) is 2.72. The van der Waals surface area contributed by atoms with Crippen molar-refractivity contribution in [2.45, 2.75) is 13.0 Å². The van der Waals surface area contributed by atoms with Gasteiger partial charge in [-0.2, -0.15) is 0 Å². The maximum absolute atomic E-state index is 6.24. The molecule has 0 bridgehead atoms. The summed E-state index contributed by atoms with van der Waals surface area (Å²) >= 11 is 8.49. The zero-order valence-corrected chi connectivity index (χ0v) is 14.3. The molecule has 3 nitrogen and oxygen atoms in total. The van der Waals surface area contributed by atoms with Gasteiger partial charge in [-0.25, -0.2) is 0 Å². The molecule has 1 aliphatic rings. The van der Waals surface area contributed by atoms with Crippen molar-refractivity contribution in [1.82, 2.24) is 0 Å². The first-order valence-corrected chi connectivity index (χ1v) is 8.26. The molecule has 0 aliphatic carbocycles. The van der Waals surface area contributed by atoms with Gasteiger partial charge in [0.25, 0.3) is 0 Å². The Hall–Kier alpha value is -1.14. The molecule has 21 heavy (non-hydrogen) atoms. The molecule has 0 aromatic heterocycles. The highest BCUT2D eigenvalue weighted by molar-refractivity contribution is 14.1.